The van der Waals surface area contributed by atoms with Gasteiger partial charge in [0.1, 0.15) is 17.5 Å². The minimum Gasteiger partial charge on any atom is -0.490 e. The van der Waals surface area contributed by atoms with Crippen LogP contribution in [-0.4, -0.2) is 71.0 Å². The molecule has 2 atom stereocenters. The lowest BCUT2D eigenvalue weighted by Gasteiger charge is -2.34. The number of ether oxygens (including phenoxy) is 1. The zero-order valence-electron chi connectivity index (χ0n) is 24.6. The fraction of sp³-hybridized carbons (Fsp3) is 0.353. The molecule has 4 heterocycles. The molecule has 11 heteroatoms. The highest BCUT2D eigenvalue weighted by Gasteiger charge is 2.45. The van der Waals surface area contributed by atoms with Crippen molar-refractivity contribution in [2.75, 3.05) is 31.1 Å². The van der Waals surface area contributed by atoms with Gasteiger partial charge in [0.05, 0.1) is 5.56 Å². The van der Waals surface area contributed by atoms with Crippen LogP contribution in [0.15, 0.2) is 72.8 Å². The minimum atomic E-state index is -4.34. The van der Waals surface area contributed by atoms with E-state index in [1.165, 1.54) is 12.1 Å². The van der Waals surface area contributed by atoms with E-state index in [-0.39, 0.29) is 18.1 Å². The Morgan fingerprint density at radius 1 is 0.911 bits per heavy atom. The van der Waals surface area contributed by atoms with E-state index < -0.39 is 17.6 Å². The van der Waals surface area contributed by atoms with Crippen molar-refractivity contribution >= 4 is 28.4 Å². The lowest BCUT2D eigenvalue weighted by atomic mass is 10.1. The summed E-state index contributed by atoms with van der Waals surface area (Å²) in [6.45, 7) is 3.64. The first-order valence-corrected chi connectivity index (χ1v) is 15.3. The van der Waals surface area contributed by atoms with E-state index in [2.05, 4.69) is 14.8 Å². The molecule has 4 aromatic rings. The van der Waals surface area contributed by atoms with E-state index in [0.29, 0.717) is 36.9 Å². The summed E-state index contributed by atoms with van der Waals surface area (Å²) in [6, 6.07) is 20.8. The molecule has 234 valence electrons. The molecule has 2 bridgehead atoms. The molecule has 2 amide bonds. The number of hydrogen-bond donors (Lipinski definition) is 2. The quantitative estimate of drug-likeness (QED) is 0.289. The molecule has 3 fully saturated rings. The highest BCUT2D eigenvalue weighted by atomic mass is 19.4. The van der Waals surface area contributed by atoms with E-state index in [1.54, 1.807) is 12.1 Å². The van der Waals surface area contributed by atoms with Crippen molar-refractivity contribution in [3.05, 3.63) is 95.2 Å². The van der Waals surface area contributed by atoms with Crippen LogP contribution in [0.5, 0.6) is 5.75 Å². The van der Waals surface area contributed by atoms with Crippen molar-refractivity contribution < 1.29 is 27.5 Å². The Morgan fingerprint density at radius 3 is 2.29 bits per heavy atom. The summed E-state index contributed by atoms with van der Waals surface area (Å²) < 4.78 is 45.0. The third-order valence-corrected chi connectivity index (χ3v) is 9.37. The number of benzene rings is 3. The zero-order chi connectivity index (χ0) is 31.3. The fourth-order valence-corrected chi connectivity index (χ4v) is 6.94. The number of aromatic amines is 1. The lowest BCUT2D eigenvalue weighted by Crippen LogP contribution is -2.48. The van der Waals surface area contributed by atoms with Crippen LogP contribution in [0.25, 0.3) is 10.9 Å². The van der Waals surface area contributed by atoms with Crippen LogP contribution < -0.4 is 15.4 Å². The molecule has 1 aromatic heterocycles. The largest absolute Gasteiger partial charge is 0.490 e. The molecule has 8 nitrogen and oxygen atoms in total. The number of hydrogen-bond acceptors (Lipinski definition) is 5. The molecule has 2 unspecified atom stereocenters. The Bertz CT molecular complexity index is 1710. The van der Waals surface area contributed by atoms with Crippen LogP contribution >= 0.6 is 0 Å². The molecule has 3 N–H and O–H groups in total. The molecule has 0 spiro atoms. The molecule has 3 aliphatic heterocycles. The van der Waals surface area contributed by atoms with Crippen LogP contribution in [-0.2, 0) is 12.7 Å². The number of anilines is 1. The van der Waals surface area contributed by atoms with E-state index >= 15 is 0 Å². The van der Waals surface area contributed by atoms with Crippen molar-refractivity contribution in [3.8, 4) is 5.75 Å². The van der Waals surface area contributed by atoms with E-state index in [9.17, 15) is 22.8 Å². The summed E-state index contributed by atoms with van der Waals surface area (Å²) in [5.74, 6) is 0.285. The zero-order valence-corrected chi connectivity index (χ0v) is 24.6. The number of carbonyl (C=O) groups excluding carboxylic acids is 2. The second-order valence-electron chi connectivity index (χ2n) is 12.3. The van der Waals surface area contributed by atoms with Gasteiger partial charge in [0.15, 0.2) is 0 Å². The van der Waals surface area contributed by atoms with Crippen molar-refractivity contribution in [2.24, 2.45) is 5.73 Å². The van der Waals surface area contributed by atoms with Crippen LogP contribution in [0.4, 0.5) is 18.9 Å². The Morgan fingerprint density at radius 2 is 1.64 bits per heavy atom. The second-order valence-corrected chi connectivity index (χ2v) is 12.3. The molecule has 7 rings (SSSR count). The first kappa shape index (κ1) is 29.2. The van der Waals surface area contributed by atoms with Gasteiger partial charge in [-0.25, -0.2) is 0 Å². The van der Waals surface area contributed by atoms with Gasteiger partial charge in [-0.15, -0.1) is 0 Å². The Hall–Kier alpha value is -4.51. The number of piperidine rings is 1. The smallest absolute Gasteiger partial charge is 0.416 e. The molecule has 3 saturated heterocycles. The summed E-state index contributed by atoms with van der Waals surface area (Å²) in [5, 5.41) is 0.938. The monoisotopic (exact) mass is 617 g/mol. The molecule has 3 aliphatic rings. The summed E-state index contributed by atoms with van der Waals surface area (Å²) in [6.07, 6.45) is -1.90. The van der Waals surface area contributed by atoms with Crippen LogP contribution in [0.1, 0.15) is 51.2 Å². The molecule has 3 aromatic carbocycles. The predicted octanol–water partition coefficient (Wildman–Crippen LogP) is 5.43. The van der Waals surface area contributed by atoms with E-state index in [0.717, 1.165) is 72.4 Å². The van der Waals surface area contributed by atoms with Crippen LogP contribution in [0.2, 0.25) is 0 Å². The number of likely N-dealkylation sites (tertiary alicyclic amines) is 2. The molecular weight excluding hydrogens is 583 g/mol. The van der Waals surface area contributed by atoms with Gasteiger partial charge in [-0.05, 0) is 66.6 Å². The van der Waals surface area contributed by atoms with E-state index in [1.807, 2.05) is 41.3 Å². The number of nitrogens with one attached hydrogen (secondary N) is 1. The number of aromatic nitrogens is 1. The summed E-state index contributed by atoms with van der Waals surface area (Å²) in [5.41, 5.74) is 8.50. The first-order valence-electron chi connectivity index (χ1n) is 15.3. The van der Waals surface area contributed by atoms with Gasteiger partial charge in [0, 0.05) is 85.9 Å². The summed E-state index contributed by atoms with van der Waals surface area (Å²) >= 11 is 0. The van der Waals surface area contributed by atoms with Gasteiger partial charge >= 0.3 is 6.18 Å². The number of alkyl halides is 3. The number of nitrogens with two attached hydrogens (primary N) is 1. The molecule has 0 saturated carbocycles. The molecule has 0 radical (unpaired) electrons. The highest BCUT2D eigenvalue weighted by molar-refractivity contribution is 5.98. The number of fused-ring (bicyclic) bond motifs is 3. The molecular formula is C34H34F3N5O3. The molecule has 0 aliphatic carbocycles. The maximum absolute atomic E-state index is 13.5. The van der Waals surface area contributed by atoms with Crippen molar-refractivity contribution in [1.29, 1.82) is 0 Å². The van der Waals surface area contributed by atoms with Gasteiger partial charge in [0.2, 0.25) is 5.91 Å². The maximum atomic E-state index is 13.5. The van der Waals surface area contributed by atoms with Gasteiger partial charge in [-0.3, -0.25) is 14.5 Å². The number of H-pyrrole nitrogens is 1. The summed E-state index contributed by atoms with van der Waals surface area (Å²) in [7, 11) is 0. The minimum absolute atomic E-state index is 0.00210. The van der Waals surface area contributed by atoms with Gasteiger partial charge in [-0.2, -0.15) is 13.2 Å². The highest BCUT2D eigenvalue weighted by Crippen LogP contribution is 2.34. The average molecular weight is 618 g/mol. The van der Waals surface area contributed by atoms with Crippen molar-refractivity contribution in [3.63, 3.8) is 0 Å². The Labute approximate surface area is 258 Å². The standard InChI is InChI=1S/C34H34F3N5O3/c35-34(36,37)24-6-8-25(9-7-24)40-13-11-28(12-14-40)45-29-10-5-23-15-31(39-30(23)17-29)33(44)42-20-26-16-27(42)19-41(26)18-21-1-3-22(4-2-21)32(38)43/h1-10,15,17,26-28,39H,11-14,16,18-20H2,(H2,38,43). The number of primary amides is 1. The van der Waals surface area contributed by atoms with Crippen molar-refractivity contribution in [1.82, 2.24) is 14.8 Å². The Balaban J connectivity index is 0.934. The molecule has 45 heavy (non-hydrogen) atoms. The number of rotatable bonds is 7. The number of carbonyl (C=O) groups is 2. The number of amides is 2. The predicted molar refractivity (Wildman–Crippen MR) is 164 cm³/mol. The SMILES string of the molecule is NC(=O)c1ccc(CN2CC3CC2CN3C(=O)c2cc3ccc(OC4CCN(c5ccc(C(F)(F)F)cc5)CC4)cc3[nH]2)cc1. The number of halogens is 3. The van der Waals surface area contributed by atoms with Crippen LogP contribution in [0, 0.1) is 0 Å². The fourth-order valence-electron chi connectivity index (χ4n) is 6.94. The second kappa shape index (κ2) is 11.4. The number of piperazine rings is 1. The third-order valence-electron chi connectivity index (χ3n) is 9.37. The van der Waals surface area contributed by atoms with Crippen molar-refractivity contribution in [2.45, 2.75) is 50.2 Å². The van der Waals surface area contributed by atoms with E-state index in [4.69, 9.17) is 10.5 Å². The first-order chi connectivity index (χ1) is 21.6. The van der Waals surface area contributed by atoms with Gasteiger partial charge in [0.25, 0.3) is 5.91 Å². The normalized spacial score (nSPS) is 20.7. The Kier molecular flexibility index (Phi) is 7.43. The van der Waals surface area contributed by atoms with Gasteiger partial charge < -0.3 is 25.3 Å². The average Bonchev–Trinajstić information content (AvgIpc) is 3.75. The summed E-state index contributed by atoms with van der Waals surface area (Å²) in [4.78, 5) is 34.6. The number of nitrogens with zero attached hydrogens (tertiary/aromatic N) is 3. The maximum Gasteiger partial charge on any atom is 0.416 e. The topological polar surface area (TPSA) is 94.9 Å². The van der Waals surface area contributed by atoms with Gasteiger partial charge in [-0.1, -0.05) is 12.1 Å². The third kappa shape index (κ3) is 5.96. The lowest BCUT2D eigenvalue weighted by molar-refractivity contribution is -0.137. The van der Waals surface area contributed by atoms with Crippen LogP contribution in [0.3, 0.4) is 0 Å².